The molecular formula is C20H37NO5. The first-order valence-corrected chi connectivity index (χ1v) is 10.4. The van der Waals surface area contributed by atoms with Crippen molar-refractivity contribution in [3.05, 3.63) is 0 Å². The third-order valence-corrected chi connectivity index (χ3v) is 5.29. The Balaban J connectivity index is 2.00. The molecule has 0 aromatic rings. The molecule has 0 spiro atoms. The van der Waals surface area contributed by atoms with Crippen LogP contribution in [0.5, 0.6) is 0 Å². The van der Waals surface area contributed by atoms with E-state index in [1.165, 1.54) is 0 Å². The van der Waals surface area contributed by atoms with E-state index in [0.717, 1.165) is 45.3 Å². The van der Waals surface area contributed by atoms with Crippen molar-refractivity contribution in [2.45, 2.75) is 84.3 Å². The molecule has 0 N–H and O–H groups in total. The minimum atomic E-state index is -0.449. The number of nitrogens with zero attached hydrogens (tertiary/aromatic N) is 1. The van der Waals surface area contributed by atoms with Gasteiger partial charge < -0.3 is 23.8 Å². The van der Waals surface area contributed by atoms with Crippen LogP contribution in [0.15, 0.2) is 0 Å². The second-order valence-electron chi connectivity index (χ2n) is 7.11. The number of β-lactam (4-membered cyclic amide) rings is 1. The number of unbranched alkanes of at least 4 members (excludes halogenated alkanes) is 2. The number of fused-ring (bicyclic) bond motifs is 1. The molecule has 1 amide bonds. The van der Waals surface area contributed by atoms with Crippen LogP contribution in [-0.2, 0) is 23.7 Å². The molecule has 2 fully saturated rings. The zero-order valence-electron chi connectivity index (χ0n) is 16.9. The predicted molar refractivity (Wildman–Crippen MR) is 99.9 cm³/mol. The molecule has 0 unspecified atom stereocenters. The largest absolute Gasteiger partial charge is 0.379 e. The molecule has 6 nitrogen and oxygen atoms in total. The summed E-state index contributed by atoms with van der Waals surface area (Å²) in [5.41, 5.74) is 0. The SMILES string of the molecule is CCCCOC[C@H]1[C@@H](OCCCC)C[C@@H]2[C@H](C(OCC)OCC)C(=O)N21. The van der Waals surface area contributed by atoms with Gasteiger partial charge in [0.2, 0.25) is 5.91 Å². The monoisotopic (exact) mass is 371 g/mol. The molecule has 152 valence electrons. The number of amides is 1. The van der Waals surface area contributed by atoms with Crippen LogP contribution in [0.4, 0.5) is 0 Å². The number of hydrogen-bond donors (Lipinski definition) is 0. The van der Waals surface area contributed by atoms with Crippen LogP contribution in [0.25, 0.3) is 0 Å². The average molecular weight is 372 g/mol. The Kier molecular flexibility index (Phi) is 9.33. The Morgan fingerprint density at radius 2 is 1.69 bits per heavy atom. The van der Waals surface area contributed by atoms with Crippen molar-refractivity contribution >= 4 is 5.91 Å². The zero-order chi connectivity index (χ0) is 18.9. The van der Waals surface area contributed by atoms with Crippen LogP contribution in [-0.4, -0.2) is 68.3 Å². The smallest absolute Gasteiger partial charge is 0.233 e. The fraction of sp³-hybridized carbons (Fsp3) is 0.950. The first kappa shape index (κ1) is 21.6. The van der Waals surface area contributed by atoms with Crippen molar-refractivity contribution in [1.82, 2.24) is 4.90 Å². The summed E-state index contributed by atoms with van der Waals surface area (Å²) in [4.78, 5) is 14.8. The van der Waals surface area contributed by atoms with Gasteiger partial charge in [0.05, 0.1) is 24.8 Å². The highest BCUT2D eigenvalue weighted by molar-refractivity contribution is 5.87. The van der Waals surface area contributed by atoms with E-state index >= 15 is 0 Å². The maximum atomic E-state index is 12.9. The molecule has 2 saturated heterocycles. The van der Waals surface area contributed by atoms with E-state index in [2.05, 4.69) is 13.8 Å². The molecule has 0 aliphatic carbocycles. The molecular weight excluding hydrogens is 334 g/mol. The van der Waals surface area contributed by atoms with E-state index in [9.17, 15) is 4.79 Å². The molecule has 0 aromatic carbocycles. The molecule has 0 saturated carbocycles. The zero-order valence-corrected chi connectivity index (χ0v) is 16.9. The Morgan fingerprint density at radius 3 is 2.31 bits per heavy atom. The van der Waals surface area contributed by atoms with Crippen molar-refractivity contribution in [2.24, 2.45) is 5.92 Å². The van der Waals surface area contributed by atoms with Crippen molar-refractivity contribution in [2.75, 3.05) is 33.0 Å². The maximum Gasteiger partial charge on any atom is 0.233 e. The lowest BCUT2D eigenvalue weighted by molar-refractivity contribution is -0.213. The summed E-state index contributed by atoms with van der Waals surface area (Å²) in [6.07, 6.45) is 4.75. The summed E-state index contributed by atoms with van der Waals surface area (Å²) in [7, 11) is 0. The Morgan fingerprint density at radius 1 is 1.04 bits per heavy atom. The predicted octanol–water partition coefficient (Wildman–Crippen LogP) is 2.99. The summed E-state index contributed by atoms with van der Waals surface area (Å²) in [5, 5.41) is 0. The maximum absolute atomic E-state index is 12.9. The van der Waals surface area contributed by atoms with Crippen molar-refractivity contribution in [1.29, 1.82) is 0 Å². The van der Waals surface area contributed by atoms with Crippen LogP contribution in [0.1, 0.15) is 59.8 Å². The minimum absolute atomic E-state index is 0.0152. The number of carbonyl (C=O) groups is 1. The second-order valence-corrected chi connectivity index (χ2v) is 7.11. The minimum Gasteiger partial charge on any atom is -0.379 e. The highest BCUT2D eigenvalue weighted by Crippen LogP contribution is 2.43. The van der Waals surface area contributed by atoms with Crippen LogP contribution in [0.3, 0.4) is 0 Å². The summed E-state index contributed by atoms with van der Waals surface area (Å²) >= 11 is 0. The van der Waals surface area contributed by atoms with Gasteiger partial charge in [-0.2, -0.15) is 0 Å². The van der Waals surface area contributed by atoms with E-state index in [-0.39, 0.29) is 30.0 Å². The molecule has 2 aliphatic rings. The van der Waals surface area contributed by atoms with Crippen molar-refractivity contribution in [3.63, 3.8) is 0 Å². The number of ether oxygens (including phenoxy) is 4. The van der Waals surface area contributed by atoms with Gasteiger partial charge in [-0.05, 0) is 33.1 Å². The molecule has 4 atom stereocenters. The fourth-order valence-electron chi connectivity index (χ4n) is 3.91. The highest BCUT2D eigenvalue weighted by Gasteiger charge is 2.60. The molecule has 2 heterocycles. The van der Waals surface area contributed by atoms with Crippen LogP contribution in [0, 0.1) is 5.92 Å². The molecule has 2 aliphatic heterocycles. The topological polar surface area (TPSA) is 57.2 Å². The summed E-state index contributed by atoms with van der Waals surface area (Å²) in [6, 6.07) is 0.151. The van der Waals surface area contributed by atoms with E-state index in [0.29, 0.717) is 19.8 Å². The normalized spacial score (nSPS) is 27.9. The molecule has 0 radical (unpaired) electrons. The summed E-state index contributed by atoms with van der Waals surface area (Å²) in [5.74, 6) is -0.0969. The van der Waals surface area contributed by atoms with Crippen molar-refractivity contribution < 1.29 is 23.7 Å². The van der Waals surface area contributed by atoms with Gasteiger partial charge in [0.15, 0.2) is 6.29 Å². The van der Waals surface area contributed by atoms with Crippen LogP contribution in [0.2, 0.25) is 0 Å². The first-order chi connectivity index (χ1) is 12.7. The van der Waals surface area contributed by atoms with Gasteiger partial charge in [-0.15, -0.1) is 0 Å². The highest BCUT2D eigenvalue weighted by atomic mass is 16.7. The van der Waals surface area contributed by atoms with E-state index in [4.69, 9.17) is 18.9 Å². The third-order valence-electron chi connectivity index (χ3n) is 5.29. The quantitative estimate of drug-likeness (QED) is 0.267. The summed E-state index contributed by atoms with van der Waals surface area (Å²) in [6.45, 7) is 11.3. The Labute approximate surface area is 158 Å². The van der Waals surface area contributed by atoms with Crippen LogP contribution < -0.4 is 0 Å². The third kappa shape index (κ3) is 4.97. The Hall–Kier alpha value is -0.690. The lowest BCUT2D eigenvalue weighted by atomic mass is 9.87. The molecule has 0 aromatic heterocycles. The Bertz CT molecular complexity index is 413. The number of rotatable bonds is 14. The molecule has 0 bridgehead atoms. The van der Waals surface area contributed by atoms with E-state index in [1.54, 1.807) is 0 Å². The van der Waals surface area contributed by atoms with Gasteiger partial charge in [0.1, 0.15) is 5.92 Å². The second kappa shape index (κ2) is 11.2. The van der Waals surface area contributed by atoms with Crippen molar-refractivity contribution in [3.8, 4) is 0 Å². The average Bonchev–Trinajstić information content (AvgIpc) is 2.93. The lowest BCUT2D eigenvalue weighted by Crippen LogP contribution is -2.65. The van der Waals surface area contributed by atoms with E-state index in [1.807, 2.05) is 18.7 Å². The van der Waals surface area contributed by atoms with Gasteiger partial charge >= 0.3 is 0 Å². The number of carbonyl (C=O) groups excluding carboxylic acids is 1. The first-order valence-electron chi connectivity index (χ1n) is 10.4. The fourth-order valence-corrected chi connectivity index (χ4v) is 3.91. The van der Waals surface area contributed by atoms with Crippen LogP contribution >= 0.6 is 0 Å². The van der Waals surface area contributed by atoms with Gasteiger partial charge in [0, 0.05) is 26.4 Å². The van der Waals surface area contributed by atoms with Gasteiger partial charge in [-0.25, -0.2) is 0 Å². The molecule has 26 heavy (non-hydrogen) atoms. The standard InChI is InChI=1S/C20H37NO5/c1-5-9-11-23-14-16-17(26-12-10-6-2)13-15-18(19(22)21(15)16)20(24-7-3)25-8-4/h15-18,20H,5-14H2,1-4H3/t15-,16+,17+,18+/m1/s1. The van der Waals surface area contributed by atoms with E-state index < -0.39 is 6.29 Å². The van der Waals surface area contributed by atoms with Gasteiger partial charge in [0.25, 0.3) is 0 Å². The summed E-state index contributed by atoms with van der Waals surface area (Å²) < 4.78 is 23.4. The van der Waals surface area contributed by atoms with Gasteiger partial charge in [-0.1, -0.05) is 26.7 Å². The molecule has 6 heteroatoms. The molecule has 2 rings (SSSR count). The lowest BCUT2D eigenvalue weighted by Gasteiger charge is -2.47. The number of hydrogen-bond acceptors (Lipinski definition) is 5. The van der Waals surface area contributed by atoms with Gasteiger partial charge in [-0.3, -0.25) is 4.79 Å².